The van der Waals surface area contributed by atoms with Gasteiger partial charge in [-0.15, -0.1) is 0 Å². The first-order valence-electron chi connectivity index (χ1n) is 5.83. The number of hydrogen-bond acceptors (Lipinski definition) is 6. The molecule has 0 aromatic rings. The summed E-state index contributed by atoms with van der Waals surface area (Å²) in [4.78, 5) is 1.74. The zero-order valence-corrected chi connectivity index (χ0v) is 14.7. The lowest BCUT2D eigenvalue weighted by atomic mass is 10.2. The predicted molar refractivity (Wildman–Crippen MR) is 86.5 cm³/mol. The first-order chi connectivity index (χ1) is 9.10. The summed E-state index contributed by atoms with van der Waals surface area (Å²) in [7, 11) is -4.48. The highest BCUT2D eigenvalue weighted by molar-refractivity contribution is 8.23. The Bertz CT molecular complexity index is 655. The zero-order valence-electron chi connectivity index (χ0n) is 10.7. The van der Waals surface area contributed by atoms with E-state index in [2.05, 4.69) is 0 Å². The molecule has 0 unspecified atom stereocenters. The van der Waals surface area contributed by atoms with Gasteiger partial charge in [0.25, 0.3) is 0 Å². The van der Waals surface area contributed by atoms with E-state index in [0.29, 0.717) is 10.7 Å². The van der Waals surface area contributed by atoms with Crippen molar-refractivity contribution in [2.75, 3.05) is 24.3 Å². The molecular weight excluding hydrogens is 362 g/mol. The SMILES string of the molecule is CN(C(=S)S[C@@H]1CS(=O)(=O)C=C1Cl)[C@@H]1CCS(=O)(=O)C1. The smallest absolute Gasteiger partial charge is 0.174 e. The van der Waals surface area contributed by atoms with Crippen LogP contribution in [-0.2, 0) is 19.7 Å². The first-order valence-corrected chi connectivity index (χ1v) is 11.0. The van der Waals surface area contributed by atoms with Gasteiger partial charge in [-0.2, -0.15) is 0 Å². The topological polar surface area (TPSA) is 71.5 Å². The maximum atomic E-state index is 11.5. The van der Waals surface area contributed by atoms with E-state index in [0.717, 1.165) is 5.41 Å². The van der Waals surface area contributed by atoms with Gasteiger partial charge in [-0.05, 0) is 6.42 Å². The van der Waals surface area contributed by atoms with E-state index in [1.165, 1.54) is 11.8 Å². The molecule has 0 saturated carbocycles. The second kappa shape index (κ2) is 5.75. The van der Waals surface area contributed by atoms with E-state index in [-0.39, 0.29) is 28.3 Å². The molecule has 2 atom stereocenters. The lowest BCUT2D eigenvalue weighted by molar-refractivity contribution is 0.409. The highest BCUT2D eigenvalue weighted by atomic mass is 35.5. The van der Waals surface area contributed by atoms with Crippen LogP contribution in [0, 0.1) is 0 Å². The van der Waals surface area contributed by atoms with Gasteiger partial charge in [-0.1, -0.05) is 35.6 Å². The largest absolute Gasteiger partial charge is 0.357 e. The normalized spacial score (nSPS) is 31.0. The van der Waals surface area contributed by atoms with Crippen LogP contribution in [0.3, 0.4) is 0 Å². The summed E-state index contributed by atoms with van der Waals surface area (Å²) in [6.45, 7) is 0. The third-order valence-corrected chi connectivity index (χ3v) is 9.05. The monoisotopic (exact) mass is 375 g/mol. The molecule has 2 rings (SSSR count). The summed E-state index contributed by atoms with van der Waals surface area (Å²) in [5.74, 6) is 0.206. The lowest BCUT2D eigenvalue weighted by Gasteiger charge is -2.26. The molecule has 0 N–H and O–H groups in total. The number of hydrogen-bond donors (Lipinski definition) is 0. The van der Waals surface area contributed by atoms with Gasteiger partial charge in [-0.25, -0.2) is 16.8 Å². The minimum Gasteiger partial charge on any atom is -0.357 e. The third kappa shape index (κ3) is 3.88. The van der Waals surface area contributed by atoms with Crippen molar-refractivity contribution in [3.05, 3.63) is 10.4 Å². The minimum absolute atomic E-state index is 0.0621. The van der Waals surface area contributed by atoms with Gasteiger partial charge in [-0.3, -0.25) is 0 Å². The van der Waals surface area contributed by atoms with E-state index in [1.807, 2.05) is 0 Å². The Morgan fingerprint density at radius 3 is 2.50 bits per heavy atom. The van der Waals surface area contributed by atoms with Crippen LogP contribution in [0.1, 0.15) is 6.42 Å². The molecule has 114 valence electrons. The molecule has 1 fully saturated rings. The molecule has 0 spiro atoms. The molecule has 1 saturated heterocycles. The summed E-state index contributed by atoms with van der Waals surface area (Å²) in [5, 5.41) is 0.939. The molecule has 0 amide bonds. The van der Waals surface area contributed by atoms with E-state index in [9.17, 15) is 16.8 Å². The molecule has 2 aliphatic rings. The van der Waals surface area contributed by atoms with Crippen molar-refractivity contribution < 1.29 is 16.8 Å². The Morgan fingerprint density at radius 1 is 1.40 bits per heavy atom. The highest BCUT2D eigenvalue weighted by Crippen LogP contribution is 2.33. The molecular formula is C10H14ClNO4S4. The molecule has 0 aromatic heterocycles. The number of halogens is 1. The van der Waals surface area contributed by atoms with Gasteiger partial charge >= 0.3 is 0 Å². The van der Waals surface area contributed by atoms with Gasteiger partial charge in [0.1, 0.15) is 4.32 Å². The van der Waals surface area contributed by atoms with Crippen molar-refractivity contribution in [1.29, 1.82) is 0 Å². The zero-order chi connectivity index (χ0) is 15.1. The molecule has 20 heavy (non-hydrogen) atoms. The summed E-state index contributed by atoms with van der Waals surface area (Å²) in [6.07, 6.45) is 0.548. The van der Waals surface area contributed by atoms with Crippen LogP contribution in [0.15, 0.2) is 10.4 Å². The maximum absolute atomic E-state index is 11.5. The second-order valence-electron chi connectivity index (χ2n) is 4.87. The molecule has 2 heterocycles. The molecule has 5 nitrogen and oxygen atoms in total. The molecule has 0 aliphatic carbocycles. The Labute approximate surface area is 133 Å². The quantitative estimate of drug-likeness (QED) is 0.666. The standard InChI is InChI=1S/C10H14ClNO4S4/c1-12(7-2-3-19(13,14)4-7)10(17)18-9-6-20(15,16)5-8(9)11/h5,7,9H,2-4,6H2,1H3/t7-,9-/m1/s1. The fourth-order valence-corrected chi connectivity index (χ4v) is 7.96. The summed E-state index contributed by atoms with van der Waals surface area (Å²) in [5.41, 5.74) is 0. The van der Waals surface area contributed by atoms with Crippen molar-refractivity contribution in [1.82, 2.24) is 4.90 Å². The molecule has 10 heteroatoms. The van der Waals surface area contributed by atoms with Crippen molar-refractivity contribution in [3.8, 4) is 0 Å². The maximum Gasteiger partial charge on any atom is 0.174 e. The fourth-order valence-electron chi connectivity index (χ4n) is 2.11. The van der Waals surface area contributed by atoms with E-state index in [1.54, 1.807) is 11.9 Å². The van der Waals surface area contributed by atoms with Crippen LogP contribution >= 0.6 is 35.6 Å². The summed E-state index contributed by atoms with van der Waals surface area (Å²) >= 11 is 12.4. The van der Waals surface area contributed by atoms with Gasteiger partial charge < -0.3 is 4.90 Å². The Morgan fingerprint density at radius 2 is 2.05 bits per heavy atom. The van der Waals surface area contributed by atoms with Crippen LogP contribution in [0.25, 0.3) is 0 Å². The Hall–Kier alpha value is 0.170. The van der Waals surface area contributed by atoms with E-state index < -0.39 is 24.9 Å². The van der Waals surface area contributed by atoms with Crippen molar-refractivity contribution in [2.45, 2.75) is 17.7 Å². The lowest BCUT2D eigenvalue weighted by Crippen LogP contribution is -2.36. The summed E-state index contributed by atoms with van der Waals surface area (Å²) < 4.78 is 46.3. The van der Waals surface area contributed by atoms with Crippen LogP contribution in [0.2, 0.25) is 0 Å². The first kappa shape index (κ1) is 16.5. The van der Waals surface area contributed by atoms with Gasteiger partial charge in [0, 0.05) is 23.5 Å². The third-order valence-electron chi connectivity index (χ3n) is 3.27. The van der Waals surface area contributed by atoms with Crippen molar-refractivity contribution in [3.63, 3.8) is 0 Å². The van der Waals surface area contributed by atoms with E-state index >= 15 is 0 Å². The van der Waals surface area contributed by atoms with Crippen LogP contribution in [0.4, 0.5) is 0 Å². The fraction of sp³-hybridized carbons (Fsp3) is 0.700. The molecule has 2 aliphatic heterocycles. The molecule has 0 aromatic carbocycles. The molecule has 0 radical (unpaired) electrons. The van der Waals surface area contributed by atoms with Crippen LogP contribution < -0.4 is 0 Å². The number of nitrogens with zero attached hydrogens (tertiary/aromatic N) is 1. The van der Waals surface area contributed by atoms with Gasteiger partial charge in [0.2, 0.25) is 0 Å². The number of sulfone groups is 2. The van der Waals surface area contributed by atoms with Crippen LogP contribution in [0.5, 0.6) is 0 Å². The predicted octanol–water partition coefficient (Wildman–Crippen LogP) is 1.00. The Balaban J connectivity index is 1.98. The number of thiocarbonyl (C=S) groups is 1. The number of thioether (sulfide) groups is 1. The Kier molecular flexibility index (Phi) is 4.76. The van der Waals surface area contributed by atoms with Crippen molar-refractivity contribution in [2.24, 2.45) is 0 Å². The van der Waals surface area contributed by atoms with Gasteiger partial charge in [0.15, 0.2) is 19.7 Å². The van der Waals surface area contributed by atoms with E-state index in [4.69, 9.17) is 23.8 Å². The minimum atomic E-state index is -3.24. The highest BCUT2D eigenvalue weighted by Gasteiger charge is 2.34. The molecule has 0 bridgehead atoms. The second-order valence-corrected chi connectivity index (χ2v) is 11.3. The van der Waals surface area contributed by atoms with Crippen molar-refractivity contribution >= 4 is 59.6 Å². The summed E-state index contributed by atoms with van der Waals surface area (Å²) in [6, 6.07) is -0.138. The average Bonchev–Trinajstić information content (AvgIpc) is 2.77. The number of rotatable bonds is 2. The van der Waals surface area contributed by atoms with Gasteiger partial charge in [0.05, 0.1) is 22.5 Å². The average molecular weight is 376 g/mol. The van der Waals surface area contributed by atoms with Crippen LogP contribution in [-0.4, -0.2) is 61.7 Å².